The number of rotatable bonds is 4. The number of nitrogens with zero attached hydrogens (tertiary/aromatic N) is 7. The van der Waals surface area contributed by atoms with Crippen LogP contribution in [0.4, 0.5) is 8.78 Å². The molecule has 5 rings (SSSR count). The van der Waals surface area contributed by atoms with Crippen LogP contribution in [0.15, 0.2) is 40.1 Å². The third-order valence-electron chi connectivity index (χ3n) is 5.48. The highest BCUT2D eigenvalue weighted by Gasteiger charge is 2.20. The van der Waals surface area contributed by atoms with Gasteiger partial charge in [0.25, 0.3) is 0 Å². The fraction of sp³-hybridized carbons (Fsp3) is 0.182. The number of pyridine rings is 1. The van der Waals surface area contributed by atoms with E-state index in [1.54, 1.807) is 39.0 Å². The summed E-state index contributed by atoms with van der Waals surface area (Å²) in [6.45, 7) is 5.11. The Kier molecular flexibility index (Phi) is 4.81. The van der Waals surface area contributed by atoms with Gasteiger partial charge in [-0.3, -0.25) is 4.98 Å². The van der Waals surface area contributed by atoms with E-state index in [0.29, 0.717) is 28.4 Å². The molecular weight excluding hydrogens is 432 g/mol. The van der Waals surface area contributed by atoms with Gasteiger partial charge in [-0.25, -0.2) is 8.78 Å². The first-order chi connectivity index (χ1) is 15.9. The molecule has 33 heavy (non-hydrogen) atoms. The van der Waals surface area contributed by atoms with E-state index in [1.165, 1.54) is 16.8 Å². The van der Waals surface area contributed by atoms with Crippen LogP contribution >= 0.6 is 0 Å². The van der Waals surface area contributed by atoms with Gasteiger partial charge in [-0.05, 0) is 39.0 Å². The molecule has 5 aromatic rings. The second-order valence-corrected chi connectivity index (χ2v) is 7.61. The standard InChI is InChI=1S/C22H17F2N7O2/c1-10(29-32)17-4-5-19-26-27-20(31(19)28-17)7-14-16(23)8-18-15(22(14)24)6-13(9-25-18)21-11(2)30-33-12(21)3/h4-6,8-9,32H,7H2,1-3H3. The lowest BCUT2D eigenvalue weighted by molar-refractivity contribution is 0.319. The van der Waals surface area contributed by atoms with E-state index in [2.05, 4.69) is 30.6 Å². The van der Waals surface area contributed by atoms with Gasteiger partial charge in [-0.1, -0.05) is 10.3 Å². The number of oxime groups is 1. The fourth-order valence-corrected chi connectivity index (χ4v) is 3.78. The predicted molar refractivity (Wildman–Crippen MR) is 114 cm³/mol. The van der Waals surface area contributed by atoms with E-state index in [0.717, 1.165) is 5.56 Å². The zero-order valence-electron chi connectivity index (χ0n) is 17.8. The molecule has 0 unspecified atom stereocenters. The fourth-order valence-electron chi connectivity index (χ4n) is 3.78. The number of halogens is 2. The minimum absolute atomic E-state index is 0.162. The molecule has 0 saturated heterocycles. The Labute approximate surface area is 185 Å². The van der Waals surface area contributed by atoms with Crippen LogP contribution < -0.4 is 0 Å². The van der Waals surface area contributed by atoms with E-state index in [-0.39, 0.29) is 34.4 Å². The van der Waals surface area contributed by atoms with Gasteiger partial charge in [-0.15, -0.1) is 10.2 Å². The highest BCUT2D eigenvalue weighted by molar-refractivity contribution is 5.96. The molecule has 1 aromatic carbocycles. The largest absolute Gasteiger partial charge is 0.411 e. The van der Waals surface area contributed by atoms with Crippen LogP contribution in [0.1, 0.15) is 35.5 Å². The summed E-state index contributed by atoms with van der Waals surface area (Å²) in [4.78, 5) is 4.24. The van der Waals surface area contributed by atoms with Gasteiger partial charge in [-0.2, -0.15) is 9.61 Å². The predicted octanol–water partition coefficient (Wildman–Crippen LogP) is 4.01. The molecule has 11 heteroatoms. The third-order valence-corrected chi connectivity index (χ3v) is 5.48. The van der Waals surface area contributed by atoms with Gasteiger partial charge in [0.1, 0.15) is 28.8 Å². The van der Waals surface area contributed by atoms with Crippen molar-refractivity contribution in [2.45, 2.75) is 27.2 Å². The molecule has 4 aromatic heterocycles. The lowest BCUT2D eigenvalue weighted by Crippen LogP contribution is -2.08. The lowest BCUT2D eigenvalue weighted by Gasteiger charge is -2.09. The van der Waals surface area contributed by atoms with Crippen molar-refractivity contribution in [1.29, 1.82) is 0 Å². The van der Waals surface area contributed by atoms with Crippen molar-refractivity contribution in [2.75, 3.05) is 0 Å². The van der Waals surface area contributed by atoms with Gasteiger partial charge in [0.15, 0.2) is 11.5 Å². The molecule has 0 fully saturated rings. The Morgan fingerprint density at radius 2 is 2.00 bits per heavy atom. The van der Waals surface area contributed by atoms with Crippen molar-refractivity contribution in [2.24, 2.45) is 5.16 Å². The molecule has 0 saturated carbocycles. The van der Waals surface area contributed by atoms with Crippen molar-refractivity contribution >= 4 is 22.3 Å². The molecule has 9 nitrogen and oxygen atoms in total. The molecule has 0 aliphatic rings. The zero-order chi connectivity index (χ0) is 23.3. The Hall–Kier alpha value is -4.28. The first-order valence-electron chi connectivity index (χ1n) is 9.97. The molecular formula is C22H17F2N7O2. The molecule has 4 heterocycles. The molecule has 0 amide bonds. The summed E-state index contributed by atoms with van der Waals surface area (Å²) in [5.74, 6) is -0.690. The number of fused-ring (bicyclic) bond motifs is 2. The number of benzene rings is 1. The monoisotopic (exact) mass is 449 g/mol. The SMILES string of the molecule is CC(=NO)c1ccc2nnc(Cc3c(F)cc4ncc(-c5c(C)noc5C)cc4c3F)n2n1. The van der Waals surface area contributed by atoms with E-state index in [4.69, 9.17) is 9.73 Å². The third kappa shape index (κ3) is 3.37. The molecule has 0 spiro atoms. The smallest absolute Gasteiger partial charge is 0.177 e. The van der Waals surface area contributed by atoms with Crippen molar-refractivity contribution in [3.63, 3.8) is 0 Å². The summed E-state index contributed by atoms with van der Waals surface area (Å²) in [5, 5.41) is 28.6. The average molecular weight is 449 g/mol. The second kappa shape index (κ2) is 7.69. The maximum absolute atomic E-state index is 15.6. The quantitative estimate of drug-likeness (QED) is 0.250. The molecule has 0 aliphatic heterocycles. The Morgan fingerprint density at radius 3 is 2.73 bits per heavy atom. The molecule has 0 radical (unpaired) electrons. The summed E-state index contributed by atoms with van der Waals surface area (Å²) in [5.41, 5.74) is 3.03. The second-order valence-electron chi connectivity index (χ2n) is 7.61. The first kappa shape index (κ1) is 20.6. The Bertz CT molecular complexity index is 1550. The topological polar surface area (TPSA) is 115 Å². The van der Waals surface area contributed by atoms with E-state index >= 15 is 4.39 Å². The normalized spacial score (nSPS) is 12.2. The van der Waals surface area contributed by atoms with Crippen LogP contribution in [0.3, 0.4) is 0 Å². The highest BCUT2D eigenvalue weighted by atomic mass is 19.1. The summed E-state index contributed by atoms with van der Waals surface area (Å²) in [7, 11) is 0. The summed E-state index contributed by atoms with van der Waals surface area (Å²) in [6, 6.07) is 6.03. The first-order valence-corrected chi connectivity index (χ1v) is 9.97. The van der Waals surface area contributed by atoms with Crippen molar-refractivity contribution in [1.82, 2.24) is 30.0 Å². The van der Waals surface area contributed by atoms with E-state index < -0.39 is 11.6 Å². The van der Waals surface area contributed by atoms with Crippen molar-refractivity contribution in [3.8, 4) is 11.1 Å². The molecule has 0 atom stereocenters. The van der Waals surface area contributed by atoms with Crippen molar-refractivity contribution < 1.29 is 18.5 Å². The summed E-state index contributed by atoms with van der Waals surface area (Å²) in [6.07, 6.45) is 1.34. The van der Waals surface area contributed by atoms with Gasteiger partial charge in [0, 0.05) is 40.8 Å². The number of aryl methyl sites for hydroxylation is 2. The molecule has 0 aliphatic carbocycles. The maximum Gasteiger partial charge on any atom is 0.177 e. The minimum Gasteiger partial charge on any atom is -0.411 e. The zero-order valence-corrected chi connectivity index (χ0v) is 17.8. The number of aromatic nitrogens is 6. The van der Waals surface area contributed by atoms with E-state index in [9.17, 15) is 4.39 Å². The van der Waals surface area contributed by atoms with Gasteiger partial charge in [0.05, 0.1) is 11.2 Å². The lowest BCUT2D eigenvalue weighted by atomic mass is 10.0. The molecule has 166 valence electrons. The van der Waals surface area contributed by atoms with Crippen LogP contribution in [0, 0.1) is 25.5 Å². The van der Waals surface area contributed by atoms with E-state index in [1.807, 2.05) is 0 Å². The van der Waals surface area contributed by atoms with Gasteiger partial charge >= 0.3 is 0 Å². The summed E-state index contributed by atoms with van der Waals surface area (Å²) >= 11 is 0. The number of hydrogen-bond acceptors (Lipinski definition) is 8. The van der Waals surface area contributed by atoms with Crippen LogP contribution in [-0.2, 0) is 6.42 Å². The van der Waals surface area contributed by atoms with Gasteiger partial charge < -0.3 is 9.73 Å². The highest BCUT2D eigenvalue weighted by Crippen LogP contribution is 2.31. The van der Waals surface area contributed by atoms with Crippen LogP contribution in [0.5, 0.6) is 0 Å². The Balaban J connectivity index is 1.63. The van der Waals surface area contributed by atoms with Gasteiger partial charge in [0.2, 0.25) is 0 Å². The summed E-state index contributed by atoms with van der Waals surface area (Å²) < 4.78 is 37.0. The maximum atomic E-state index is 15.6. The van der Waals surface area contributed by atoms with Crippen molar-refractivity contribution in [3.05, 3.63) is 70.6 Å². The molecule has 0 bridgehead atoms. The van der Waals surface area contributed by atoms with Crippen LogP contribution in [0.25, 0.3) is 27.7 Å². The Morgan fingerprint density at radius 1 is 1.18 bits per heavy atom. The molecule has 1 N–H and O–H groups in total. The number of hydrogen-bond donors (Lipinski definition) is 1. The van der Waals surface area contributed by atoms with Crippen LogP contribution in [-0.4, -0.2) is 40.9 Å². The average Bonchev–Trinajstić information content (AvgIpc) is 3.37. The minimum atomic E-state index is -0.751. The van der Waals surface area contributed by atoms with Crippen LogP contribution in [0.2, 0.25) is 0 Å².